The van der Waals surface area contributed by atoms with Crippen LogP contribution in [0.3, 0.4) is 0 Å². The topological polar surface area (TPSA) is 52.5 Å². The highest BCUT2D eigenvalue weighted by Crippen LogP contribution is 2.51. The summed E-state index contributed by atoms with van der Waals surface area (Å²) in [5, 5.41) is 3.22. The second-order valence-corrected chi connectivity index (χ2v) is 11.4. The Bertz CT molecular complexity index is 1600. The molecule has 4 aliphatic rings. The van der Waals surface area contributed by atoms with Gasteiger partial charge in [0.15, 0.2) is 16.7 Å². The number of amidine groups is 1. The molecule has 0 saturated carbocycles. The minimum atomic E-state index is 0.0293. The summed E-state index contributed by atoms with van der Waals surface area (Å²) in [5.74, 6) is 3.38. The first-order valence-corrected chi connectivity index (χ1v) is 15.6. The standard InChI is InChI=1S/C35H34N2O4S/c1-3-38-27-13-8-23(9-14-27)20-26-6-5-7-29-33(26)36-35-37(34(29)24-10-15-28(16-11-24)39-4-2)30(22-42-35)25-12-17-31-32(21-25)41-19-18-40-31/h8-17,20-22,34H,3-7,18-19H2,1-2H3. The first-order valence-electron chi connectivity index (χ1n) is 14.8. The Morgan fingerprint density at radius 2 is 1.60 bits per heavy atom. The van der Waals surface area contributed by atoms with E-state index in [0.29, 0.717) is 26.4 Å². The average molecular weight is 579 g/mol. The van der Waals surface area contributed by atoms with Crippen LogP contribution in [0.15, 0.2) is 94.0 Å². The number of allylic oxidation sites excluding steroid dienone is 1. The summed E-state index contributed by atoms with van der Waals surface area (Å²) in [4.78, 5) is 7.74. The number of nitrogens with zero attached hydrogens (tertiary/aromatic N) is 2. The molecule has 0 radical (unpaired) electrons. The lowest BCUT2D eigenvalue weighted by Crippen LogP contribution is -2.34. The highest BCUT2D eigenvalue weighted by atomic mass is 32.2. The molecule has 3 heterocycles. The largest absolute Gasteiger partial charge is 0.494 e. The molecule has 6 nitrogen and oxygen atoms in total. The number of hydrogen-bond acceptors (Lipinski definition) is 7. The number of hydrogen-bond donors (Lipinski definition) is 0. The van der Waals surface area contributed by atoms with E-state index in [0.717, 1.165) is 69.9 Å². The van der Waals surface area contributed by atoms with Crippen molar-refractivity contribution in [1.82, 2.24) is 4.90 Å². The van der Waals surface area contributed by atoms with E-state index in [-0.39, 0.29) is 6.04 Å². The average Bonchev–Trinajstić information content (AvgIpc) is 3.45. The summed E-state index contributed by atoms with van der Waals surface area (Å²) in [6.45, 7) is 6.48. The molecule has 7 heteroatoms. The molecule has 214 valence electrons. The zero-order valence-corrected chi connectivity index (χ0v) is 24.8. The Labute approximate surface area is 251 Å². The van der Waals surface area contributed by atoms with Crippen LogP contribution in [0.2, 0.25) is 0 Å². The van der Waals surface area contributed by atoms with Crippen molar-refractivity contribution in [3.63, 3.8) is 0 Å². The minimum Gasteiger partial charge on any atom is -0.494 e. The summed E-state index contributed by atoms with van der Waals surface area (Å²) in [6, 6.07) is 23.2. The lowest BCUT2D eigenvalue weighted by molar-refractivity contribution is 0.171. The van der Waals surface area contributed by atoms with Crippen molar-refractivity contribution < 1.29 is 18.9 Å². The Hall–Kier alpha value is -4.10. The van der Waals surface area contributed by atoms with Gasteiger partial charge in [0.25, 0.3) is 0 Å². The van der Waals surface area contributed by atoms with E-state index in [1.807, 2.05) is 32.0 Å². The van der Waals surface area contributed by atoms with Crippen LogP contribution in [0, 0.1) is 0 Å². The molecule has 0 N–H and O–H groups in total. The van der Waals surface area contributed by atoms with Gasteiger partial charge in [0, 0.05) is 11.0 Å². The number of benzene rings is 3. The number of rotatable bonds is 7. The third kappa shape index (κ3) is 5.07. The van der Waals surface area contributed by atoms with Crippen molar-refractivity contribution in [3.05, 3.63) is 106 Å². The third-order valence-electron chi connectivity index (χ3n) is 7.91. The van der Waals surface area contributed by atoms with Crippen LogP contribution in [0.1, 0.15) is 55.8 Å². The number of fused-ring (bicyclic) bond motifs is 2. The van der Waals surface area contributed by atoms with E-state index in [2.05, 4.69) is 64.9 Å². The number of ether oxygens (including phenoxy) is 4. The predicted octanol–water partition coefficient (Wildman–Crippen LogP) is 8.23. The third-order valence-corrected chi connectivity index (χ3v) is 8.75. The molecule has 0 amide bonds. The van der Waals surface area contributed by atoms with Crippen LogP contribution in [0.4, 0.5) is 0 Å². The zero-order chi connectivity index (χ0) is 28.5. The number of aliphatic imine (C=N–C) groups is 1. The zero-order valence-electron chi connectivity index (χ0n) is 24.0. The molecule has 0 saturated heterocycles. The molecule has 1 unspecified atom stereocenters. The minimum absolute atomic E-state index is 0.0293. The fourth-order valence-electron chi connectivity index (χ4n) is 6.07. The Balaban J connectivity index is 1.30. The molecular formula is C35H34N2O4S. The van der Waals surface area contributed by atoms with Crippen LogP contribution in [-0.2, 0) is 0 Å². The van der Waals surface area contributed by atoms with Crippen LogP contribution in [-0.4, -0.2) is 36.5 Å². The Kier molecular flexibility index (Phi) is 7.43. The molecule has 0 fully saturated rings. The van der Waals surface area contributed by atoms with Gasteiger partial charge in [-0.25, -0.2) is 4.99 Å². The monoisotopic (exact) mass is 578 g/mol. The molecule has 0 spiro atoms. The molecule has 1 aliphatic carbocycles. The Morgan fingerprint density at radius 1 is 0.881 bits per heavy atom. The Morgan fingerprint density at radius 3 is 2.33 bits per heavy atom. The summed E-state index contributed by atoms with van der Waals surface area (Å²) in [6.07, 6.45) is 5.39. The van der Waals surface area contributed by atoms with E-state index in [9.17, 15) is 0 Å². The summed E-state index contributed by atoms with van der Waals surface area (Å²) < 4.78 is 23.2. The van der Waals surface area contributed by atoms with Crippen LogP contribution in [0.25, 0.3) is 11.8 Å². The maximum Gasteiger partial charge on any atom is 0.174 e. The molecule has 3 aromatic rings. The van der Waals surface area contributed by atoms with Crippen LogP contribution < -0.4 is 18.9 Å². The van der Waals surface area contributed by atoms with Crippen molar-refractivity contribution in [2.24, 2.45) is 4.99 Å². The molecule has 3 aliphatic heterocycles. The van der Waals surface area contributed by atoms with Gasteiger partial charge < -0.3 is 23.8 Å². The molecule has 0 aromatic heterocycles. The second-order valence-electron chi connectivity index (χ2n) is 10.5. The first kappa shape index (κ1) is 26.8. The molecular weight excluding hydrogens is 544 g/mol. The van der Waals surface area contributed by atoms with E-state index in [4.69, 9.17) is 23.9 Å². The van der Waals surface area contributed by atoms with Gasteiger partial charge in [0.05, 0.1) is 30.6 Å². The van der Waals surface area contributed by atoms with Crippen LogP contribution >= 0.6 is 11.8 Å². The van der Waals surface area contributed by atoms with Gasteiger partial charge in [0.2, 0.25) is 0 Å². The van der Waals surface area contributed by atoms with Crippen molar-refractivity contribution in [1.29, 1.82) is 0 Å². The molecule has 0 bridgehead atoms. The van der Waals surface area contributed by atoms with Gasteiger partial charge in [0.1, 0.15) is 24.7 Å². The van der Waals surface area contributed by atoms with Gasteiger partial charge in [-0.3, -0.25) is 0 Å². The fraction of sp³-hybridized carbons (Fsp3) is 0.286. The van der Waals surface area contributed by atoms with E-state index in [1.165, 1.54) is 16.7 Å². The lowest BCUT2D eigenvalue weighted by Gasteiger charge is -2.40. The predicted molar refractivity (Wildman–Crippen MR) is 169 cm³/mol. The highest BCUT2D eigenvalue weighted by molar-refractivity contribution is 8.16. The summed E-state index contributed by atoms with van der Waals surface area (Å²) >= 11 is 1.69. The molecule has 42 heavy (non-hydrogen) atoms. The van der Waals surface area contributed by atoms with Crippen molar-refractivity contribution >= 4 is 28.7 Å². The van der Waals surface area contributed by atoms with Gasteiger partial charge in [-0.1, -0.05) is 36.0 Å². The van der Waals surface area contributed by atoms with Gasteiger partial charge in [-0.2, -0.15) is 0 Å². The van der Waals surface area contributed by atoms with E-state index >= 15 is 0 Å². The van der Waals surface area contributed by atoms with Crippen LogP contribution in [0.5, 0.6) is 23.0 Å². The number of thioether (sulfide) groups is 1. The molecule has 7 rings (SSSR count). The van der Waals surface area contributed by atoms with Gasteiger partial charge in [-0.05, 0) is 104 Å². The second kappa shape index (κ2) is 11.6. The lowest BCUT2D eigenvalue weighted by atomic mass is 9.82. The maximum absolute atomic E-state index is 5.94. The SMILES string of the molecule is CCOc1ccc(C=C2CCCC3=C2N=C2SC=C(c4ccc5c(c4)OCCO5)N2C3c2ccc(OCC)cc2)cc1. The summed E-state index contributed by atoms with van der Waals surface area (Å²) in [5.41, 5.74) is 8.39. The van der Waals surface area contributed by atoms with E-state index in [1.54, 1.807) is 11.8 Å². The van der Waals surface area contributed by atoms with E-state index < -0.39 is 0 Å². The van der Waals surface area contributed by atoms with Gasteiger partial charge >= 0.3 is 0 Å². The molecule has 3 aromatic carbocycles. The summed E-state index contributed by atoms with van der Waals surface area (Å²) in [7, 11) is 0. The smallest absolute Gasteiger partial charge is 0.174 e. The van der Waals surface area contributed by atoms with Crippen molar-refractivity contribution in [2.45, 2.75) is 39.2 Å². The molecule has 1 atom stereocenters. The van der Waals surface area contributed by atoms with Crippen molar-refractivity contribution in [3.8, 4) is 23.0 Å². The van der Waals surface area contributed by atoms with Gasteiger partial charge in [-0.15, -0.1) is 0 Å². The fourth-order valence-corrected chi connectivity index (χ4v) is 7.00. The quantitative estimate of drug-likeness (QED) is 0.282. The highest BCUT2D eigenvalue weighted by Gasteiger charge is 2.40. The normalized spacial score (nSPS) is 20.1. The first-order chi connectivity index (χ1) is 20.7. The maximum atomic E-state index is 5.94. The van der Waals surface area contributed by atoms with Crippen molar-refractivity contribution in [2.75, 3.05) is 26.4 Å².